The summed E-state index contributed by atoms with van der Waals surface area (Å²) in [4.78, 5) is 0. The molecule has 2 atom stereocenters. The van der Waals surface area contributed by atoms with Crippen LogP contribution in [0.5, 0.6) is 0 Å². The van der Waals surface area contributed by atoms with Crippen LogP contribution < -0.4 is 0 Å². The van der Waals surface area contributed by atoms with E-state index >= 15 is 0 Å². The first-order valence-corrected chi connectivity index (χ1v) is 5.01. The zero-order valence-corrected chi connectivity index (χ0v) is 8.51. The maximum Gasteiger partial charge on any atom is 0.0936 e. The summed E-state index contributed by atoms with van der Waals surface area (Å²) in [5.74, 6) is 6.42. The van der Waals surface area contributed by atoms with Gasteiger partial charge in [-0.3, -0.25) is 0 Å². The van der Waals surface area contributed by atoms with E-state index < -0.39 is 5.60 Å². The average Bonchev–Trinajstić information content (AvgIpc) is 2.16. The maximum absolute atomic E-state index is 10.0. The van der Waals surface area contributed by atoms with Gasteiger partial charge in [0.15, 0.2) is 0 Å². The Labute approximate surface area is 80.9 Å². The SMILES string of the molecule is CC#CCC1(O)C=CC(CC)CC1. The van der Waals surface area contributed by atoms with Gasteiger partial charge in [0.2, 0.25) is 0 Å². The minimum atomic E-state index is -0.644. The number of allylic oxidation sites excluding steroid dienone is 1. The van der Waals surface area contributed by atoms with Crippen LogP contribution in [0.4, 0.5) is 0 Å². The highest BCUT2D eigenvalue weighted by molar-refractivity contribution is 5.13. The van der Waals surface area contributed by atoms with E-state index in [1.807, 2.05) is 13.0 Å². The lowest BCUT2D eigenvalue weighted by Crippen LogP contribution is -2.29. The molecule has 0 aromatic heterocycles. The summed E-state index contributed by atoms with van der Waals surface area (Å²) in [5, 5.41) is 10.0. The van der Waals surface area contributed by atoms with Crippen LogP contribution in [-0.4, -0.2) is 10.7 Å². The summed E-state index contributed by atoms with van der Waals surface area (Å²) >= 11 is 0. The molecule has 13 heavy (non-hydrogen) atoms. The quantitative estimate of drug-likeness (QED) is 0.509. The van der Waals surface area contributed by atoms with E-state index in [1.54, 1.807) is 0 Å². The number of aliphatic hydroxyl groups is 1. The first kappa shape index (κ1) is 10.3. The molecule has 0 heterocycles. The Balaban J connectivity index is 2.56. The van der Waals surface area contributed by atoms with Gasteiger partial charge in [-0.2, -0.15) is 0 Å². The molecule has 0 saturated heterocycles. The van der Waals surface area contributed by atoms with Gasteiger partial charge in [-0.05, 0) is 32.1 Å². The lowest BCUT2D eigenvalue weighted by atomic mass is 9.82. The van der Waals surface area contributed by atoms with Gasteiger partial charge in [0, 0.05) is 6.42 Å². The molecule has 1 rings (SSSR count). The summed E-state index contributed by atoms with van der Waals surface area (Å²) in [6.45, 7) is 4.00. The molecule has 72 valence electrons. The van der Waals surface area contributed by atoms with Crippen LogP contribution >= 0.6 is 0 Å². The molecule has 0 radical (unpaired) electrons. The monoisotopic (exact) mass is 178 g/mol. The van der Waals surface area contributed by atoms with Crippen LogP contribution in [-0.2, 0) is 0 Å². The minimum Gasteiger partial charge on any atom is -0.385 e. The van der Waals surface area contributed by atoms with Crippen molar-refractivity contribution in [3.05, 3.63) is 12.2 Å². The molecule has 1 aliphatic rings. The second-order valence-corrected chi connectivity index (χ2v) is 3.77. The summed E-state index contributed by atoms with van der Waals surface area (Å²) in [7, 11) is 0. The molecule has 0 aliphatic heterocycles. The molecular weight excluding hydrogens is 160 g/mol. The van der Waals surface area contributed by atoms with E-state index in [1.165, 1.54) is 6.42 Å². The molecular formula is C12H18O. The number of hydrogen-bond donors (Lipinski definition) is 1. The van der Waals surface area contributed by atoms with Crippen molar-refractivity contribution in [3.8, 4) is 11.8 Å². The fraction of sp³-hybridized carbons (Fsp3) is 0.667. The molecule has 0 bridgehead atoms. The molecule has 2 unspecified atom stereocenters. The van der Waals surface area contributed by atoms with E-state index in [0.29, 0.717) is 12.3 Å². The largest absolute Gasteiger partial charge is 0.385 e. The lowest BCUT2D eigenvalue weighted by Gasteiger charge is -2.28. The molecule has 0 amide bonds. The van der Waals surface area contributed by atoms with Crippen molar-refractivity contribution in [2.24, 2.45) is 5.92 Å². The van der Waals surface area contributed by atoms with Crippen LogP contribution in [0.15, 0.2) is 12.2 Å². The third kappa shape index (κ3) is 2.90. The predicted molar refractivity (Wildman–Crippen MR) is 55.2 cm³/mol. The van der Waals surface area contributed by atoms with Crippen molar-refractivity contribution in [2.75, 3.05) is 0 Å². The minimum absolute atomic E-state index is 0.580. The van der Waals surface area contributed by atoms with Gasteiger partial charge in [0.05, 0.1) is 5.60 Å². The van der Waals surface area contributed by atoms with Crippen LogP contribution in [0, 0.1) is 17.8 Å². The zero-order chi connectivity index (χ0) is 9.73. The fourth-order valence-electron chi connectivity index (χ4n) is 1.66. The lowest BCUT2D eigenvalue weighted by molar-refractivity contribution is 0.0736. The molecule has 1 heteroatoms. The van der Waals surface area contributed by atoms with Crippen molar-refractivity contribution in [2.45, 2.75) is 45.1 Å². The molecule has 0 fully saturated rings. The smallest absolute Gasteiger partial charge is 0.0936 e. The summed E-state index contributed by atoms with van der Waals surface area (Å²) in [6, 6.07) is 0. The Hall–Kier alpha value is -0.740. The van der Waals surface area contributed by atoms with Gasteiger partial charge in [0.25, 0.3) is 0 Å². The molecule has 0 spiro atoms. The van der Waals surface area contributed by atoms with E-state index in [2.05, 4.69) is 24.8 Å². The molecule has 0 saturated carbocycles. The van der Waals surface area contributed by atoms with E-state index in [-0.39, 0.29) is 0 Å². The van der Waals surface area contributed by atoms with Crippen molar-refractivity contribution >= 4 is 0 Å². The van der Waals surface area contributed by atoms with Crippen LogP contribution in [0.1, 0.15) is 39.5 Å². The van der Waals surface area contributed by atoms with Crippen molar-refractivity contribution in [3.63, 3.8) is 0 Å². The van der Waals surface area contributed by atoms with E-state index in [0.717, 1.165) is 12.8 Å². The Bertz CT molecular complexity index is 244. The standard InChI is InChI=1S/C12H18O/c1-3-5-8-12(13)9-6-11(4-2)7-10-12/h6,9,11,13H,4,7-8,10H2,1-2H3. The average molecular weight is 178 g/mol. The van der Waals surface area contributed by atoms with E-state index in [9.17, 15) is 5.11 Å². The van der Waals surface area contributed by atoms with E-state index in [4.69, 9.17) is 0 Å². The molecule has 0 aromatic rings. The summed E-state index contributed by atoms with van der Waals surface area (Å²) in [6.07, 6.45) is 7.78. The number of rotatable bonds is 2. The summed E-state index contributed by atoms with van der Waals surface area (Å²) in [5.41, 5.74) is -0.644. The van der Waals surface area contributed by atoms with Crippen LogP contribution in [0.2, 0.25) is 0 Å². The Morgan fingerprint density at radius 3 is 2.85 bits per heavy atom. The normalized spacial score (nSPS) is 32.4. The van der Waals surface area contributed by atoms with Crippen LogP contribution in [0.25, 0.3) is 0 Å². The van der Waals surface area contributed by atoms with Crippen LogP contribution in [0.3, 0.4) is 0 Å². The van der Waals surface area contributed by atoms with Gasteiger partial charge < -0.3 is 5.11 Å². The Morgan fingerprint density at radius 1 is 1.62 bits per heavy atom. The second kappa shape index (κ2) is 4.48. The van der Waals surface area contributed by atoms with Gasteiger partial charge in [-0.15, -0.1) is 11.8 Å². The third-order valence-corrected chi connectivity index (χ3v) is 2.72. The first-order valence-electron chi connectivity index (χ1n) is 5.01. The zero-order valence-electron chi connectivity index (χ0n) is 8.51. The first-order chi connectivity index (χ1) is 6.20. The van der Waals surface area contributed by atoms with Gasteiger partial charge >= 0.3 is 0 Å². The topological polar surface area (TPSA) is 20.2 Å². The maximum atomic E-state index is 10.0. The fourth-order valence-corrected chi connectivity index (χ4v) is 1.66. The third-order valence-electron chi connectivity index (χ3n) is 2.72. The van der Waals surface area contributed by atoms with Gasteiger partial charge in [-0.1, -0.05) is 19.1 Å². The molecule has 1 nitrogen and oxygen atoms in total. The van der Waals surface area contributed by atoms with Gasteiger partial charge in [0.1, 0.15) is 0 Å². The predicted octanol–water partition coefficient (Wildman–Crippen LogP) is 2.51. The summed E-state index contributed by atoms with van der Waals surface area (Å²) < 4.78 is 0. The Kier molecular flexibility index (Phi) is 3.57. The van der Waals surface area contributed by atoms with Crippen molar-refractivity contribution in [1.82, 2.24) is 0 Å². The molecule has 0 aromatic carbocycles. The van der Waals surface area contributed by atoms with Gasteiger partial charge in [-0.25, -0.2) is 0 Å². The molecule has 1 aliphatic carbocycles. The highest BCUT2D eigenvalue weighted by Crippen LogP contribution is 2.29. The highest BCUT2D eigenvalue weighted by atomic mass is 16.3. The number of hydrogen-bond acceptors (Lipinski definition) is 1. The van der Waals surface area contributed by atoms with Crippen molar-refractivity contribution in [1.29, 1.82) is 0 Å². The highest BCUT2D eigenvalue weighted by Gasteiger charge is 2.26. The molecule has 1 N–H and O–H groups in total. The Morgan fingerprint density at radius 2 is 2.38 bits per heavy atom. The second-order valence-electron chi connectivity index (χ2n) is 3.77. The van der Waals surface area contributed by atoms with Crippen molar-refractivity contribution < 1.29 is 5.11 Å².